The van der Waals surface area contributed by atoms with E-state index in [-0.39, 0.29) is 11.6 Å². The van der Waals surface area contributed by atoms with E-state index < -0.39 is 0 Å². The monoisotopic (exact) mass is 577 g/mol. The SMILES string of the molecule is CCCCCCN(CCCCCC)Cn1c(O)c(C2CCCCC2)n(CN(CCCCCC)CCCCCC)c1=O. The Morgan fingerprint density at radius 1 is 0.585 bits per heavy atom. The summed E-state index contributed by atoms with van der Waals surface area (Å²) in [4.78, 5) is 19.1. The van der Waals surface area contributed by atoms with E-state index >= 15 is 0 Å². The Bertz CT molecular complexity index is 803. The fourth-order valence-corrected chi connectivity index (χ4v) is 6.60. The van der Waals surface area contributed by atoms with Crippen molar-refractivity contribution in [3.05, 3.63) is 16.2 Å². The maximum Gasteiger partial charge on any atom is 0.333 e. The highest BCUT2D eigenvalue weighted by atomic mass is 16.3. The van der Waals surface area contributed by atoms with Crippen LogP contribution in [0.1, 0.15) is 174 Å². The first-order chi connectivity index (χ1) is 20.1. The molecule has 1 saturated carbocycles. The Morgan fingerprint density at radius 2 is 0.976 bits per heavy atom. The zero-order chi connectivity index (χ0) is 29.7. The Morgan fingerprint density at radius 3 is 1.37 bits per heavy atom. The van der Waals surface area contributed by atoms with Crippen molar-refractivity contribution in [2.24, 2.45) is 0 Å². The minimum Gasteiger partial charge on any atom is -0.493 e. The van der Waals surface area contributed by atoms with E-state index in [9.17, 15) is 9.90 Å². The minimum absolute atomic E-state index is 0.00214. The van der Waals surface area contributed by atoms with Gasteiger partial charge in [0.1, 0.15) is 0 Å². The number of nitrogens with zero attached hydrogens (tertiary/aromatic N) is 4. The number of aromatic hydroxyl groups is 1. The molecule has 1 N–H and O–H groups in total. The quantitative estimate of drug-likeness (QED) is 0.118. The Balaban J connectivity index is 2.31. The number of aromatic nitrogens is 2. The normalized spacial score (nSPS) is 14.6. The Labute approximate surface area is 253 Å². The highest BCUT2D eigenvalue weighted by molar-refractivity contribution is 5.25. The number of unbranched alkanes of at least 4 members (excludes halogenated alkanes) is 12. The Kier molecular flexibility index (Phi) is 19.5. The fraction of sp³-hybridized carbons (Fsp3) is 0.914. The third-order valence-corrected chi connectivity index (χ3v) is 9.22. The van der Waals surface area contributed by atoms with Gasteiger partial charge in [0.15, 0.2) is 0 Å². The molecule has 1 aliphatic carbocycles. The van der Waals surface area contributed by atoms with Crippen LogP contribution >= 0.6 is 0 Å². The van der Waals surface area contributed by atoms with E-state index in [1.54, 1.807) is 4.57 Å². The summed E-state index contributed by atoms with van der Waals surface area (Å²) in [6.07, 6.45) is 25.6. The fourth-order valence-electron chi connectivity index (χ4n) is 6.60. The highest BCUT2D eigenvalue weighted by Crippen LogP contribution is 2.37. The molecule has 240 valence electrons. The van der Waals surface area contributed by atoms with E-state index in [1.807, 2.05) is 4.57 Å². The van der Waals surface area contributed by atoms with Gasteiger partial charge in [-0.05, 0) is 64.7 Å². The first-order valence-corrected chi connectivity index (χ1v) is 18.0. The van der Waals surface area contributed by atoms with Crippen LogP contribution in [0.15, 0.2) is 4.79 Å². The molecule has 0 radical (unpaired) electrons. The lowest BCUT2D eigenvalue weighted by Gasteiger charge is -2.27. The maximum atomic E-state index is 14.1. The van der Waals surface area contributed by atoms with Gasteiger partial charge in [0.25, 0.3) is 0 Å². The van der Waals surface area contributed by atoms with Crippen LogP contribution in [-0.4, -0.2) is 50.2 Å². The molecular formula is C35H68N4O2. The second-order valence-electron chi connectivity index (χ2n) is 12.9. The molecular weight excluding hydrogens is 508 g/mol. The smallest absolute Gasteiger partial charge is 0.333 e. The molecule has 0 atom stereocenters. The highest BCUT2D eigenvalue weighted by Gasteiger charge is 2.29. The van der Waals surface area contributed by atoms with Crippen molar-refractivity contribution >= 4 is 0 Å². The molecule has 2 rings (SSSR count). The largest absolute Gasteiger partial charge is 0.493 e. The predicted molar refractivity (Wildman–Crippen MR) is 176 cm³/mol. The molecule has 1 aliphatic rings. The molecule has 0 aliphatic heterocycles. The molecule has 41 heavy (non-hydrogen) atoms. The molecule has 1 heterocycles. The van der Waals surface area contributed by atoms with Crippen LogP contribution in [0.25, 0.3) is 0 Å². The van der Waals surface area contributed by atoms with E-state index in [2.05, 4.69) is 37.5 Å². The summed E-state index contributed by atoms with van der Waals surface area (Å²) < 4.78 is 3.73. The third kappa shape index (κ3) is 13.3. The number of hydrogen-bond acceptors (Lipinski definition) is 4. The van der Waals surface area contributed by atoms with Crippen LogP contribution in [-0.2, 0) is 13.3 Å². The van der Waals surface area contributed by atoms with Crippen LogP contribution in [0.4, 0.5) is 0 Å². The van der Waals surface area contributed by atoms with Gasteiger partial charge in [0.2, 0.25) is 5.88 Å². The van der Waals surface area contributed by atoms with Gasteiger partial charge in [0, 0.05) is 5.92 Å². The van der Waals surface area contributed by atoms with Gasteiger partial charge in [-0.25, -0.2) is 9.36 Å². The number of rotatable bonds is 25. The minimum atomic E-state index is 0.00214. The van der Waals surface area contributed by atoms with Gasteiger partial charge < -0.3 is 5.11 Å². The van der Waals surface area contributed by atoms with E-state index in [4.69, 9.17) is 0 Å². The van der Waals surface area contributed by atoms with Crippen molar-refractivity contribution in [1.29, 1.82) is 0 Å². The van der Waals surface area contributed by atoms with E-state index in [0.717, 1.165) is 57.6 Å². The maximum absolute atomic E-state index is 14.1. The predicted octanol–water partition coefficient (Wildman–Crippen LogP) is 9.24. The molecule has 0 amide bonds. The van der Waals surface area contributed by atoms with Gasteiger partial charge in [-0.1, -0.05) is 124 Å². The standard InChI is InChI=1S/C35H68N4O2/c1-5-9-13-20-26-36(27-21-14-10-6-2)30-38-33(32-24-18-17-19-25-32)34(40)39(35(38)41)31-37(28-22-15-11-7-3)29-23-16-12-8-4/h32,40H,5-31H2,1-4H3. The molecule has 0 bridgehead atoms. The van der Waals surface area contributed by atoms with Crippen molar-refractivity contribution in [1.82, 2.24) is 18.9 Å². The van der Waals surface area contributed by atoms with Crippen LogP contribution in [0, 0.1) is 0 Å². The lowest BCUT2D eigenvalue weighted by Crippen LogP contribution is -2.38. The number of imidazole rings is 1. The van der Waals surface area contributed by atoms with Gasteiger partial charge in [-0.3, -0.25) is 14.4 Å². The van der Waals surface area contributed by atoms with Gasteiger partial charge in [-0.2, -0.15) is 0 Å². The van der Waals surface area contributed by atoms with Gasteiger partial charge in [0.05, 0.1) is 19.0 Å². The molecule has 6 heteroatoms. The Hall–Kier alpha value is -1.27. The van der Waals surface area contributed by atoms with Crippen LogP contribution < -0.4 is 5.69 Å². The molecule has 6 nitrogen and oxygen atoms in total. The topological polar surface area (TPSA) is 53.6 Å². The first kappa shape index (κ1) is 35.9. The van der Waals surface area contributed by atoms with Crippen molar-refractivity contribution in [2.45, 2.75) is 182 Å². The molecule has 1 fully saturated rings. The molecule has 0 spiro atoms. The summed E-state index contributed by atoms with van der Waals surface area (Å²) in [5.41, 5.74) is 0.932. The van der Waals surface area contributed by atoms with Crippen LogP contribution in [0.2, 0.25) is 0 Å². The summed E-state index contributed by atoms with van der Waals surface area (Å²) in [5.74, 6) is 0.549. The van der Waals surface area contributed by atoms with E-state index in [0.29, 0.717) is 19.3 Å². The first-order valence-electron chi connectivity index (χ1n) is 18.0. The van der Waals surface area contributed by atoms with Crippen LogP contribution in [0.5, 0.6) is 5.88 Å². The molecule has 0 aromatic carbocycles. The summed E-state index contributed by atoms with van der Waals surface area (Å²) >= 11 is 0. The van der Waals surface area contributed by atoms with Gasteiger partial charge in [-0.15, -0.1) is 0 Å². The molecule has 0 saturated heterocycles. The zero-order valence-electron chi connectivity index (χ0n) is 27.8. The van der Waals surface area contributed by atoms with Crippen molar-refractivity contribution in [3.63, 3.8) is 0 Å². The number of hydrogen-bond donors (Lipinski definition) is 1. The second kappa shape index (κ2) is 22.3. The average Bonchev–Trinajstić information content (AvgIpc) is 3.21. The molecule has 0 unspecified atom stereocenters. The average molecular weight is 577 g/mol. The van der Waals surface area contributed by atoms with E-state index in [1.165, 1.54) is 109 Å². The van der Waals surface area contributed by atoms with Crippen molar-refractivity contribution in [2.75, 3.05) is 26.2 Å². The molecule has 1 aromatic rings. The van der Waals surface area contributed by atoms with Crippen molar-refractivity contribution < 1.29 is 5.11 Å². The summed E-state index contributed by atoms with van der Waals surface area (Å²) in [5, 5.41) is 11.7. The van der Waals surface area contributed by atoms with Crippen LogP contribution in [0.3, 0.4) is 0 Å². The van der Waals surface area contributed by atoms with Gasteiger partial charge >= 0.3 is 5.69 Å². The third-order valence-electron chi connectivity index (χ3n) is 9.22. The summed E-state index contributed by atoms with van der Waals surface area (Å²) in [6.45, 7) is 14.3. The lowest BCUT2D eigenvalue weighted by molar-refractivity contribution is 0.188. The summed E-state index contributed by atoms with van der Waals surface area (Å²) in [6, 6.07) is 0. The second-order valence-corrected chi connectivity index (χ2v) is 12.9. The van der Waals surface area contributed by atoms with Crippen molar-refractivity contribution in [3.8, 4) is 5.88 Å². The molecule has 1 aromatic heterocycles. The zero-order valence-corrected chi connectivity index (χ0v) is 27.8. The summed E-state index contributed by atoms with van der Waals surface area (Å²) in [7, 11) is 0. The lowest BCUT2D eigenvalue weighted by atomic mass is 9.87.